The van der Waals surface area contributed by atoms with Crippen molar-refractivity contribution in [1.82, 2.24) is 0 Å². The first-order chi connectivity index (χ1) is 7.61. The molecule has 1 saturated carbocycles. The van der Waals surface area contributed by atoms with Crippen LogP contribution in [0.4, 0.5) is 0 Å². The molecule has 0 aromatic heterocycles. The first-order valence-electron chi connectivity index (χ1n) is 5.83. The van der Waals surface area contributed by atoms with Gasteiger partial charge in [0, 0.05) is 0 Å². The molecule has 0 amide bonds. The standard InChI is InChI=1S/C13H19NO2/c1-2-3-9-4-10-6-13(8-14,7-12(15)16)11(10)5-9/h2,5,10-11H,1,3-4,6-8,14H2,(H,15,16)/t10-,11-,13-/m1/s1. The SMILES string of the molecule is C=CCC1=C[C@@H]2[C@H](C1)C[C@]2(CN)CC(=O)O. The van der Waals surface area contributed by atoms with Crippen molar-refractivity contribution in [3.05, 3.63) is 24.3 Å². The highest BCUT2D eigenvalue weighted by Gasteiger charge is 2.54. The number of allylic oxidation sites excluding steroid dienone is 3. The number of hydrogen-bond acceptors (Lipinski definition) is 2. The minimum Gasteiger partial charge on any atom is -0.481 e. The molecule has 16 heavy (non-hydrogen) atoms. The van der Waals surface area contributed by atoms with E-state index in [-0.39, 0.29) is 11.8 Å². The predicted octanol–water partition coefficient (Wildman–Crippen LogP) is 1.95. The molecule has 0 aromatic carbocycles. The van der Waals surface area contributed by atoms with E-state index in [1.807, 2.05) is 6.08 Å². The molecular formula is C13H19NO2. The highest BCUT2D eigenvalue weighted by molar-refractivity contribution is 5.68. The molecule has 0 bridgehead atoms. The summed E-state index contributed by atoms with van der Waals surface area (Å²) < 4.78 is 0. The van der Waals surface area contributed by atoms with Crippen LogP contribution in [0.5, 0.6) is 0 Å². The van der Waals surface area contributed by atoms with Gasteiger partial charge in [0.25, 0.3) is 0 Å². The number of aliphatic carboxylic acids is 1. The highest BCUT2D eigenvalue weighted by Crippen LogP contribution is 2.59. The van der Waals surface area contributed by atoms with Gasteiger partial charge in [0.05, 0.1) is 6.42 Å². The van der Waals surface area contributed by atoms with Crippen molar-refractivity contribution in [2.75, 3.05) is 6.54 Å². The fraction of sp³-hybridized carbons (Fsp3) is 0.615. The van der Waals surface area contributed by atoms with Crippen LogP contribution in [-0.4, -0.2) is 17.6 Å². The molecule has 3 heteroatoms. The van der Waals surface area contributed by atoms with E-state index in [9.17, 15) is 4.79 Å². The Morgan fingerprint density at radius 3 is 3.06 bits per heavy atom. The van der Waals surface area contributed by atoms with Gasteiger partial charge in [0.15, 0.2) is 0 Å². The van der Waals surface area contributed by atoms with Gasteiger partial charge in [-0.2, -0.15) is 0 Å². The van der Waals surface area contributed by atoms with Gasteiger partial charge in [-0.15, -0.1) is 6.58 Å². The first-order valence-corrected chi connectivity index (χ1v) is 5.83. The Balaban J connectivity index is 2.10. The van der Waals surface area contributed by atoms with Crippen molar-refractivity contribution < 1.29 is 9.90 Å². The number of fused-ring (bicyclic) bond motifs is 1. The molecule has 0 aromatic rings. The van der Waals surface area contributed by atoms with Gasteiger partial charge >= 0.3 is 5.97 Å². The molecule has 0 radical (unpaired) electrons. The van der Waals surface area contributed by atoms with Crippen molar-refractivity contribution in [3.63, 3.8) is 0 Å². The zero-order valence-electron chi connectivity index (χ0n) is 9.48. The summed E-state index contributed by atoms with van der Waals surface area (Å²) >= 11 is 0. The molecule has 3 N–H and O–H groups in total. The van der Waals surface area contributed by atoms with Crippen LogP contribution in [0.1, 0.15) is 25.7 Å². The Hall–Kier alpha value is -1.09. The van der Waals surface area contributed by atoms with E-state index in [1.165, 1.54) is 5.57 Å². The number of carboxylic acids is 1. The second-order valence-corrected chi connectivity index (χ2v) is 5.15. The second-order valence-electron chi connectivity index (χ2n) is 5.15. The van der Waals surface area contributed by atoms with Crippen LogP contribution < -0.4 is 5.73 Å². The smallest absolute Gasteiger partial charge is 0.303 e. The van der Waals surface area contributed by atoms with Crippen LogP contribution in [-0.2, 0) is 4.79 Å². The number of rotatable bonds is 5. The van der Waals surface area contributed by atoms with E-state index in [2.05, 4.69) is 12.7 Å². The van der Waals surface area contributed by atoms with Gasteiger partial charge in [-0.1, -0.05) is 17.7 Å². The summed E-state index contributed by atoms with van der Waals surface area (Å²) in [5, 5.41) is 8.94. The summed E-state index contributed by atoms with van der Waals surface area (Å²) in [6.07, 6.45) is 7.39. The van der Waals surface area contributed by atoms with Crippen molar-refractivity contribution in [3.8, 4) is 0 Å². The Bertz CT molecular complexity index is 348. The molecule has 1 fully saturated rings. The number of carboxylic acid groups (broad SMARTS) is 1. The maximum atomic E-state index is 10.9. The van der Waals surface area contributed by atoms with Crippen molar-refractivity contribution in [2.24, 2.45) is 23.0 Å². The van der Waals surface area contributed by atoms with Crippen LogP contribution in [0, 0.1) is 17.3 Å². The molecular weight excluding hydrogens is 202 g/mol. The average molecular weight is 221 g/mol. The molecule has 2 aliphatic rings. The van der Waals surface area contributed by atoms with E-state index in [1.54, 1.807) is 0 Å². The Morgan fingerprint density at radius 2 is 2.50 bits per heavy atom. The summed E-state index contributed by atoms with van der Waals surface area (Å²) in [6.45, 7) is 4.22. The number of hydrogen-bond donors (Lipinski definition) is 2. The Labute approximate surface area is 96.0 Å². The summed E-state index contributed by atoms with van der Waals surface area (Å²) in [6, 6.07) is 0. The second kappa shape index (κ2) is 4.06. The fourth-order valence-electron chi connectivity index (χ4n) is 3.42. The van der Waals surface area contributed by atoms with E-state index >= 15 is 0 Å². The van der Waals surface area contributed by atoms with Crippen molar-refractivity contribution >= 4 is 5.97 Å². The lowest BCUT2D eigenvalue weighted by molar-refractivity contribution is -0.144. The molecule has 0 heterocycles. The zero-order valence-corrected chi connectivity index (χ0v) is 9.48. The number of nitrogens with two attached hydrogens (primary N) is 1. The van der Waals surface area contributed by atoms with Crippen molar-refractivity contribution in [2.45, 2.75) is 25.7 Å². The maximum Gasteiger partial charge on any atom is 0.303 e. The maximum absolute atomic E-state index is 10.9. The molecule has 0 saturated heterocycles. The van der Waals surface area contributed by atoms with Crippen LogP contribution in [0.3, 0.4) is 0 Å². The Morgan fingerprint density at radius 1 is 1.75 bits per heavy atom. The molecule has 2 aliphatic carbocycles. The summed E-state index contributed by atoms with van der Waals surface area (Å²) in [7, 11) is 0. The van der Waals surface area contributed by atoms with E-state index < -0.39 is 5.97 Å². The molecule has 0 spiro atoms. The third-order valence-corrected chi connectivity index (χ3v) is 4.14. The summed E-state index contributed by atoms with van der Waals surface area (Å²) in [5.41, 5.74) is 7.02. The minimum absolute atomic E-state index is 0.167. The molecule has 0 unspecified atom stereocenters. The molecule has 88 valence electrons. The van der Waals surface area contributed by atoms with Gasteiger partial charge in [0.1, 0.15) is 0 Å². The highest BCUT2D eigenvalue weighted by atomic mass is 16.4. The predicted molar refractivity (Wildman–Crippen MR) is 62.9 cm³/mol. The lowest BCUT2D eigenvalue weighted by Gasteiger charge is -2.51. The molecule has 3 atom stereocenters. The normalized spacial score (nSPS) is 36.2. The van der Waals surface area contributed by atoms with E-state index in [0.717, 1.165) is 19.3 Å². The van der Waals surface area contributed by atoms with Crippen LogP contribution in [0.2, 0.25) is 0 Å². The summed E-state index contributed by atoms with van der Waals surface area (Å²) in [4.78, 5) is 10.9. The van der Waals surface area contributed by atoms with E-state index in [0.29, 0.717) is 18.4 Å². The van der Waals surface area contributed by atoms with Crippen LogP contribution in [0.25, 0.3) is 0 Å². The average Bonchev–Trinajstić information content (AvgIpc) is 2.54. The lowest BCUT2D eigenvalue weighted by Crippen LogP contribution is -2.51. The van der Waals surface area contributed by atoms with Gasteiger partial charge in [-0.25, -0.2) is 0 Å². The fourth-order valence-corrected chi connectivity index (χ4v) is 3.42. The Kier molecular flexibility index (Phi) is 2.89. The van der Waals surface area contributed by atoms with Crippen LogP contribution >= 0.6 is 0 Å². The quantitative estimate of drug-likeness (QED) is 0.697. The molecule has 3 nitrogen and oxygen atoms in total. The monoisotopic (exact) mass is 221 g/mol. The summed E-state index contributed by atoms with van der Waals surface area (Å²) in [5.74, 6) is 0.302. The first kappa shape index (κ1) is 11.4. The van der Waals surface area contributed by atoms with Crippen LogP contribution in [0.15, 0.2) is 24.3 Å². The third kappa shape index (κ3) is 1.69. The van der Waals surface area contributed by atoms with Gasteiger partial charge in [0.2, 0.25) is 0 Å². The molecule has 2 rings (SSSR count). The van der Waals surface area contributed by atoms with Crippen molar-refractivity contribution in [1.29, 1.82) is 0 Å². The van der Waals surface area contributed by atoms with E-state index in [4.69, 9.17) is 10.8 Å². The third-order valence-electron chi connectivity index (χ3n) is 4.14. The van der Waals surface area contributed by atoms with Gasteiger partial charge in [-0.05, 0) is 43.1 Å². The van der Waals surface area contributed by atoms with Gasteiger partial charge in [-0.3, -0.25) is 4.79 Å². The van der Waals surface area contributed by atoms with Gasteiger partial charge < -0.3 is 10.8 Å². The largest absolute Gasteiger partial charge is 0.481 e. The zero-order chi connectivity index (χ0) is 11.8. The molecule has 0 aliphatic heterocycles. The lowest BCUT2D eigenvalue weighted by atomic mass is 9.53. The topological polar surface area (TPSA) is 63.3 Å². The minimum atomic E-state index is -0.727. The number of carbonyl (C=O) groups is 1.